The highest BCUT2D eigenvalue weighted by Crippen LogP contribution is 2.14. The lowest BCUT2D eigenvalue weighted by molar-refractivity contribution is 0.411. The highest BCUT2D eigenvalue weighted by molar-refractivity contribution is 7.89. The molecule has 0 atom stereocenters. The second kappa shape index (κ2) is 5.33. The van der Waals surface area contributed by atoms with Crippen molar-refractivity contribution in [3.63, 3.8) is 0 Å². The third-order valence-corrected chi connectivity index (χ3v) is 4.15. The summed E-state index contributed by atoms with van der Waals surface area (Å²) in [5, 5.41) is 6.58. The topological polar surface area (TPSA) is 101 Å². The van der Waals surface area contributed by atoms with Crippen LogP contribution < -0.4 is 5.32 Å². The maximum absolute atomic E-state index is 11.8. The monoisotopic (exact) mass is 283 g/mol. The van der Waals surface area contributed by atoms with Crippen LogP contribution in [0.2, 0.25) is 0 Å². The molecule has 2 rings (SSSR count). The number of anilines is 1. The maximum atomic E-state index is 11.8. The molecule has 2 aromatic heterocycles. The Balaban J connectivity index is 2.07. The van der Waals surface area contributed by atoms with E-state index in [0.717, 1.165) is 4.31 Å². The smallest absolute Gasteiger partial charge is 0.244 e. The first-order valence-electron chi connectivity index (χ1n) is 5.38. The van der Waals surface area contributed by atoms with Crippen LogP contribution in [0.4, 0.5) is 5.82 Å². The van der Waals surface area contributed by atoms with E-state index in [9.17, 15) is 8.42 Å². The molecule has 0 fully saturated rings. The minimum absolute atomic E-state index is 0.141. The Morgan fingerprint density at radius 2 is 2.11 bits per heavy atom. The molecule has 0 aliphatic heterocycles. The number of sulfonamides is 1. The van der Waals surface area contributed by atoms with Gasteiger partial charge in [-0.05, 0) is 12.1 Å². The Bertz CT molecular complexity index is 622. The van der Waals surface area contributed by atoms with Crippen molar-refractivity contribution in [2.45, 2.75) is 11.4 Å². The zero-order valence-electron chi connectivity index (χ0n) is 10.4. The summed E-state index contributed by atoms with van der Waals surface area (Å²) in [7, 11) is -0.508. The molecular weight excluding hydrogens is 270 g/mol. The van der Waals surface area contributed by atoms with Gasteiger partial charge in [0.15, 0.2) is 5.82 Å². The second-order valence-electron chi connectivity index (χ2n) is 3.87. The van der Waals surface area contributed by atoms with E-state index in [1.165, 1.54) is 32.8 Å². The third kappa shape index (κ3) is 3.06. The zero-order valence-corrected chi connectivity index (χ0v) is 11.3. The van der Waals surface area contributed by atoms with Crippen molar-refractivity contribution in [3.05, 3.63) is 30.5 Å². The summed E-state index contributed by atoms with van der Waals surface area (Å²) in [6.45, 7) is 0.350. The average molecular weight is 283 g/mol. The lowest BCUT2D eigenvalue weighted by atomic mass is 10.4. The SMILES string of the molecule is CN(C)S(=O)(=O)c1ccc(NCc2ncon2)nc1. The summed E-state index contributed by atoms with van der Waals surface area (Å²) < 4.78 is 29.4. The van der Waals surface area contributed by atoms with E-state index in [1.807, 2.05) is 0 Å². The van der Waals surface area contributed by atoms with E-state index < -0.39 is 10.0 Å². The fourth-order valence-electron chi connectivity index (χ4n) is 1.29. The van der Waals surface area contributed by atoms with Gasteiger partial charge in [-0.15, -0.1) is 0 Å². The normalized spacial score (nSPS) is 11.7. The number of pyridine rings is 1. The van der Waals surface area contributed by atoms with Crippen molar-refractivity contribution in [3.8, 4) is 0 Å². The number of hydrogen-bond donors (Lipinski definition) is 1. The van der Waals surface area contributed by atoms with Gasteiger partial charge in [0.2, 0.25) is 16.4 Å². The molecule has 2 heterocycles. The summed E-state index contributed by atoms with van der Waals surface area (Å²) in [4.78, 5) is 8.01. The Morgan fingerprint density at radius 1 is 1.32 bits per heavy atom. The van der Waals surface area contributed by atoms with Crippen molar-refractivity contribution < 1.29 is 12.9 Å². The molecule has 2 aromatic rings. The van der Waals surface area contributed by atoms with Crippen LogP contribution in [-0.4, -0.2) is 41.9 Å². The quantitative estimate of drug-likeness (QED) is 0.843. The first kappa shape index (κ1) is 13.4. The van der Waals surface area contributed by atoms with Gasteiger partial charge in [-0.2, -0.15) is 4.98 Å². The summed E-state index contributed by atoms with van der Waals surface area (Å²) in [5.41, 5.74) is 0. The Morgan fingerprint density at radius 3 is 2.63 bits per heavy atom. The molecular formula is C10H13N5O3S. The van der Waals surface area contributed by atoms with Crippen molar-refractivity contribution >= 4 is 15.8 Å². The molecule has 0 unspecified atom stereocenters. The standard InChI is InChI=1S/C10H13N5O3S/c1-15(2)19(16,17)8-3-4-9(11-5-8)12-6-10-13-7-18-14-10/h3-5,7H,6H2,1-2H3,(H,11,12). The molecule has 8 nitrogen and oxygen atoms in total. The lowest BCUT2D eigenvalue weighted by Gasteiger charge is -2.11. The molecule has 0 bridgehead atoms. The fraction of sp³-hybridized carbons (Fsp3) is 0.300. The molecule has 0 spiro atoms. The third-order valence-electron chi connectivity index (χ3n) is 2.35. The molecule has 102 valence electrons. The molecule has 9 heteroatoms. The predicted octanol–water partition coefficient (Wildman–Crippen LogP) is 0.327. The molecule has 0 amide bonds. The van der Waals surface area contributed by atoms with E-state index in [2.05, 4.69) is 25.0 Å². The van der Waals surface area contributed by atoms with Crippen LogP contribution in [0.25, 0.3) is 0 Å². The van der Waals surface area contributed by atoms with Gasteiger partial charge < -0.3 is 9.84 Å². The molecule has 0 aliphatic rings. The average Bonchev–Trinajstić information content (AvgIpc) is 2.90. The van der Waals surface area contributed by atoms with Gasteiger partial charge in [0.1, 0.15) is 10.7 Å². The Labute approximate surface area is 110 Å². The Hall–Kier alpha value is -2.00. The van der Waals surface area contributed by atoms with Crippen molar-refractivity contribution in [2.24, 2.45) is 0 Å². The van der Waals surface area contributed by atoms with Gasteiger partial charge in [-0.1, -0.05) is 5.16 Å². The molecule has 0 saturated heterocycles. The van der Waals surface area contributed by atoms with E-state index >= 15 is 0 Å². The van der Waals surface area contributed by atoms with Crippen LogP contribution in [0.15, 0.2) is 34.1 Å². The van der Waals surface area contributed by atoms with Gasteiger partial charge in [0.25, 0.3) is 0 Å². The molecule has 19 heavy (non-hydrogen) atoms. The molecule has 0 saturated carbocycles. The predicted molar refractivity (Wildman–Crippen MR) is 66.7 cm³/mol. The molecule has 0 aliphatic carbocycles. The van der Waals surface area contributed by atoms with E-state index in [-0.39, 0.29) is 4.90 Å². The van der Waals surface area contributed by atoms with Gasteiger partial charge in [-0.3, -0.25) is 0 Å². The van der Waals surface area contributed by atoms with Crippen LogP contribution >= 0.6 is 0 Å². The summed E-state index contributed by atoms with van der Waals surface area (Å²) >= 11 is 0. The summed E-state index contributed by atoms with van der Waals surface area (Å²) in [5.74, 6) is 1.02. The van der Waals surface area contributed by atoms with Crippen LogP contribution in [0, 0.1) is 0 Å². The van der Waals surface area contributed by atoms with Crippen molar-refractivity contribution in [1.29, 1.82) is 0 Å². The summed E-state index contributed by atoms with van der Waals surface area (Å²) in [6, 6.07) is 3.07. The van der Waals surface area contributed by atoms with E-state index in [0.29, 0.717) is 18.2 Å². The number of nitrogens with zero attached hydrogens (tertiary/aromatic N) is 4. The van der Waals surface area contributed by atoms with Gasteiger partial charge >= 0.3 is 0 Å². The maximum Gasteiger partial charge on any atom is 0.244 e. The highest BCUT2D eigenvalue weighted by Gasteiger charge is 2.17. The van der Waals surface area contributed by atoms with Gasteiger partial charge in [0, 0.05) is 20.3 Å². The minimum atomic E-state index is -3.45. The largest absolute Gasteiger partial charge is 0.363 e. The fourth-order valence-corrected chi connectivity index (χ4v) is 2.14. The van der Waals surface area contributed by atoms with Crippen molar-refractivity contribution in [2.75, 3.05) is 19.4 Å². The Kier molecular flexibility index (Phi) is 3.76. The number of hydrogen-bond acceptors (Lipinski definition) is 7. The van der Waals surface area contributed by atoms with E-state index in [4.69, 9.17) is 0 Å². The van der Waals surface area contributed by atoms with Crippen LogP contribution in [0.5, 0.6) is 0 Å². The van der Waals surface area contributed by atoms with Crippen molar-refractivity contribution in [1.82, 2.24) is 19.4 Å². The number of nitrogens with one attached hydrogen (secondary N) is 1. The first-order valence-corrected chi connectivity index (χ1v) is 6.82. The van der Waals surface area contributed by atoms with Crippen LogP contribution in [0.3, 0.4) is 0 Å². The lowest BCUT2D eigenvalue weighted by Crippen LogP contribution is -2.22. The van der Waals surface area contributed by atoms with Crippen LogP contribution in [0.1, 0.15) is 5.82 Å². The number of rotatable bonds is 5. The first-order chi connectivity index (χ1) is 9.00. The second-order valence-corrected chi connectivity index (χ2v) is 6.02. The highest BCUT2D eigenvalue weighted by atomic mass is 32.2. The zero-order chi connectivity index (χ0) is 13.9. The van der Waals surface area contributed by atoms with Crippen LogP contribution in [-0.2, 0) is 16.6 Å². The van der Waals surface area contributed by atoms with E-state index in [1.54, 1.807) is 6.07 Å². The molecule has 1 N–H and O–H groups in total. The molecule has 0 aromatic carbocycles. The minimum Gasteiger partial charge on any atom is -0.363 e. The van der Waals surface area contributed by atoms with Gasteiger partial charge in [0.05, 0.1) is 6.54 Å². The van der Waals surface area contributed by atoms with Gasteiger partial charge in [-0.25, -0.2) is 17.7 Å². The summed E-state index contributed by atoms with van der Waals surface area (Å²) in [6.07, 6.45) is 2.53. The number of aromatic nitrogens is 3. The molecule has 0 radical (unpaired) electrons.